The van der Waals surface area contributed by atoms with Crippen molar-refractivity contribution in [1.29, 1.82) is 0 Å². The Bertz CT molecular complexity index is 1440. The molecule has 192 valence electrons. The summed E-state index contributed by atoms with van der Waals surface area (Å²) in [7, 11) is 0. The first-order chi connectivity index (χ1) is 17.3. The van der Waals surface area contributed by atoms with Crippen molar-refractivity contribution in [3.63, 3.8) is 0 Å². The van der Waals surface area contributed by atoms with Crippen LogP contribution in [0, 0.1) is 5.92 Å². The van der Waals surface area contributed by atoms with Crippen molar-refractivity contribution in [2.75, 3.05) is 45.0 Å². The van der Waals surface area contributed by atoms with Crippen molar-refractivity contribution in [1.82, 2.24) is 42.9 Å². The Hall–Kier alpha value is -3.04. The van der Waals surface area contributed by atoms with E-state index >= 15 is 0 Å². The Balaban J connectivity index is 1.35. The summed E-state index contributed by atoms with van der Waals surface area (Å²) in [5, 5.41) is 4.30. The second kappa shape index (κ2) is 8.81. The van der Waals surface area contributed by atoms with Crippen LogP contribution in [-0.2, 0) is 13.1 Å². The molecule has 0 aromatic carbocycles. The van der Waals surface area contributed by atoms with E-state index in [2.05, 4.69) is 29.2 Å². The number of imidazole rings is 1. The zero-order chi connectivity index (χ0) is 25.0. The summed E-state index contributed by atoms with van der Waals surface area (Å²) in [6, 6.07) is 1.69. The van der Waals surface area contributed by atoms with Crippen molar-refractivity contribution in [2.24, 2.45) is 5.92 Å². The van der Waals surface area contributed by atoms with E-state index in [9.17, 15) is 18.0 Å². The molecule has 1 aliphatic carbocycles. The largest absolute Gasteiger partial charge is 0.406 e. The smallest absolute Gasteiger partial charge is 0.368 e. The van der Waals surface area contributed by atoms with Crippen LogP contribution in [0.5, 0.6) is 0 Å². The van der Waals surface area contributed by atoms with Gasteiger partial charge in [-0.2, -0.15) is 22.7 Å². The predicted molar refractivity (Wildman–Crippen MR) is 128 cm³/mol. The standard InChI is InChI=1S/C21H25F3N10OS/c22-21(23,24)12-33-15-17(28-19(25)34-18(15)27-16(29-34)14-3-4-26-36-14)32(20(33)35)10-9-30-5-7-31(8-6-30)11-13-1-2-13/h3-4,13H,1-2,5-12H2,(H2,25,28). The number of nitrogens with two attached hydrogens (primary N) is 1. The number of anilines is 1. The monoisotopic (exact) mass is 522 g/mol. The van der Waals surface area contributed by atoms with Crippen molar-refractivity contribution in [3.8, 4) is 10.7 Å². The number of hydrogen-bond donors (Lipinski definition) is 1. The predicted octanol–water partition coefficient (Wildman–Crippen LogP) is 1.54. The average Bonchev–Trinajstić information content (AvgIpc) is 3.21. The van der Waals surface area contributed by atoms with Gasteiger partial charge in [-0.1, -0.05) is 0 Å². The van der Waals surface area contributed by atoms with Crippen LogP contribution in [0.25, 0.3) is 27.5 Å². The van der Waals surface area contributed by atoms with E-state index in [0.717, 1.165) is 50.2 Å². The lowest BCUT2D eigenvalue weighted by atomic mass is 10.3. The van der Waals surface area contributed by atoms with Gasteiger partial charge >= 0.3 is 11.9 Å². The van der Waals surface area contributed by atoms with E-state index in [1.807, 2.05) is 0 Å². The zero-order valence-corrected chi connectivity index (χ0v) is 20.2. The Labute approximate surface area is 207 Å². The van der Waals surface area contributed by atoms with Crippen LogP contribution in [0.4, 0.5) is 19.1 Å². The van der Waals surface area contributed by atoms with Gasteiger partial charge in [0.2, 0.25) is 5.95 Å². The van der Waals surface area contributed by atoms with Crippen molar-refractivity contribution in [2.45, 2.75) is 32.1 Å². The molecule has 2 fully saturated rings. The number of aromatic nitrogens is 7. The molecule has 0 bridgehead atoms. The maximum absolute atomic E-state index is 13.5. The normalized spacial score (nSPS) is 18.1. The topological polar surface area (TPSA) is 115 Å². The van der Waals surface area contributed by atoms with E-state index in [1.54, 1.807) is 12.3 Å². The fraction of sp³-hybridized carbons (Fsp3) is 0.571. The first-order valence-corrected chi connectivity index (χ1v) is 12.6. The minimum atomic E-state index is -4.61. The number of halogens is 3. The van der Waals surface area contributed by atoms with Gasteiger partial charge in [0.15, 0.2) is 17.1 Å². The van der Waals surface area contributed by atoms with E-state index in [1.165, 1.54) is 21.9 Å². The molecule has 0 atom stereocenters. The third kappa shape index (κ3) is 4.46. The molecule has 0 spiro atoms. The minimum Gasteiger partial charge on any atom is -0.368 e. The van der Waals surface area contributed by atoms with Gasteiger partial charge in [0.05, 0.1) is 4.88 Å². The van der Waals surface area contributed by atoms with E-state index in [0.29, 0.717) is 16.0 Å². The Morgan fingerprint density at radius 3 is 2.44 bits per heavy atom. The second-order valence-electron chi connectivity index (χ2n) is 9.41. The first-order valence-electron chi connectivity index (χ1n) is 11.8. The molecule has 5 heterocycles. The third-order valence-electron chi connectivity index (χ3n) is 6.77. The molecule has 4 aromatic heterocycles. The van der Waals surface area contributed by atoms with Crippen LogP contribution in [0.3, 0.4) is 0 Å². The average molecular weight is 523 g/mol. The molecule has 2 N–H and O–H groups in total. The van der Waals surface area contributed by atoms with Gasteiger partial charge in [-0.15, -0.1) is 5.10 Å². The summed E-state index contributed by atoms with van der Waals surface area (Å²) in [6.07, 6.45) is -0.414. The molecule has 4 aromatic rings. The second-order valence-corrected chi connectivity index (χ2v) is 10.2. The molecule has 1 saturated carbocycles. The summed E-state index contributed by atoms with van der Waals surface area (Å²) in [5.74, 6) is 1.02. The molecule has 1 aliphatic heterocycles. The highest BCUT2D eigenvalue weighted by molar-refractivity contribution is 7.09. The van der Waals surface area contributed by atoms with Crippen molar-refractivity contribution >= 4 is 34.3 Å². The maximum Gasteiger partial charge on any atom is 0.406 e. The lowest BCUT2D eigenvalue weighted by molar-refractivity contribution is -0.140. The molecule has 0 radical (unpaired) electrons. The molecule has 1 saturated heterocycles. The van der Waals surface area contributed by atoms with Gasteiger partial charge in [0.25, 0.3) is 0 Å². The Morgan fingerprint density at radius 2 is 1.78 bits per heavy atom. The first kappa shape index (κ1) is 23.4. The highest BCUT2D eigenvalue weighted by atomic mass is 32.1. The van der Waals surface area contributed by atoms with Crippen LogP contribution >= 0.6 is 11.5 Å². The molecular formula is C21H25F3N10OS. The molecule has 11 nitrogen and oxygen atoms in total. The van der Waals surface area contributed by atoms with Crippen molar-refractivity contribution < 1.29 is 13.2 Å². The molecular weight excluding hydrogens is 497 g/mol. The fourth-order valence-corrected chi connectivity index (χ4v) is 5.29. The molecule has 6 rings (SSSR count). The Morgan fingerprint density at radius 1 is 1.03 bits per heavy atom. The summed E-state index contributed by atoms with van der Waals surface area (Å²) in [6.45, 7) is 4.00. The quantitative estimate of drug-likeness (QED) is 0.389. The van der Waals surface area contributed by atoms with Crippen LogP contribution in [-0.4, -0.2) is 88.3 Å². The fourth-order valence-electron chi connectivity index (χ4n) is 4.76. The lowest BCUT2D eigenvalue weighted by Gasteiger charge is -2.34. The summed E-state index contributed by atoms with van der Waals surface area (Å²) >= 11 is 1.14. The molecule has 0 amide bonds. The van der Waals surface area contributed by atoms with Crippen LogP contribution in [0.1, 0.15) is 12.8 Å². The van der Waals surface area contributed by atoms with Gasteiger partial charge in [-0.25, -0.2) is 14.2 Å². The molecule has 0 unspecified atom stereocenters. The number of piperazine rings is 1. The number of hydrogen-bond acceptors (Lipinski definition) is 9. The lowest BCUT2D eigenvalue weighted by Crippen LogP contribution is -2.48. The van der Waals surface area contributed by atoms with Crippen LogP contribution in [0.2, 0.25) is 0 Å². The third-order valence-corrected chi connectivity index (χ3v) is 7.51. The highest BCUT2D eigenvalue weighted by Gasteiger charge is 2.33. The summed E-state index contributed by atoms with van der Waals surface area (Å²) < 4.78 is 47.6. The maximum atomic E-state index is 13.5. The highest BCUT2D eigenvalue weighted by Crippen LogP contribution is 2.30. The van der Waals surface area contributed by atoms with Gasteiger partial charge in [-0.3, -0.25) is 14.0 Å². The molecule has 36 heavy (non-hydrogen) atoms. The molecule has 15 heteroatoms. The van der Waals surface area contributed by atoms with Crippen LogP contribution in [0.15, 0.2) is 17.1 Å². The van der Waals surface area contributed by atoms with Gasteiger partial charge in [0, 0.05) is 52.0 Å². The van der Waals surface area contributed by atoms with Gasteiger partial charge in [-0.05, 0) is 36.4 Å². The van der Waals surface area contributed by atoms with Gasteiger partial charge in [0.1, 0.15) is 12.1 Å². The van der Waals surface area contributed by atoms with E-state index in [4.69, 9.17) is 5.73 Å². The number of nitrogen functional groups attached to an aromatic ring is 1. The summed E-state index contributed by atoms with van der Waals surface area (Å²) in [4.78, 5) is 27.3. The number of alkyl halides is 3. The minimum absolute atomic E-state index is 0.0379. The molecule has 2 aliphatic rings. The number of fused-ring (bicyclic) bond motifs is 3. The van der Waals surface area contributed by atoms with E-state index in [-0.39, 0.29) is 35.1 Å². The number of nitrogens with zero attached hydrogens (tertiary/aromatic N) is 9. The summed E-state index contributed by atoms with van der Waals surface area (Å²) in [5.41, 5.74) is 5.41. The van der Waals surface area contributed by atoms with Crippen LogP contribution < -0.4 is 11.4 Å². The van der Waals surface area contributed by atoms with Crippen molar-refractivity contribution in [3.05, 3.63) is 22.7 Å². The number of rotatable bonds is 7. The zero-order valence-electron chi connectivity index (χ0n) is 19.4. The van der Waals surface area contributed by atoms with E-state index < -0.39 is 18.4 Å². The SMILES string of the molecule is Nc1nc2c(c3nc(-c4ccns4)nn13)n(CC(F)(F)F)c(=O)n2CCN1CCN(CC2CC2)CC1. The Kier molecular flexibility index (Phi) is 5.72. The van der Waals surface area contributed by atoms with Gasteiger partial charge < -0.3 is 10.6 Å².